The number of hydrogen-bond donors (Lipinski definition) is 0. The molecule has 8 nitrogen and oxygen atoms in total. The van der Waals surface area contributed by atoms with Crippen molar-refractivity contribution in [2.45, 2.75) is 6.61 Å². The van der Waals surface area contributed by atoms with Crippen LogP contribution in [0.5, 0.6) is 5.75 Å². The second-order valence-electron chi connectivity index (χ2n) is 5.53. The standard InChI is InChI=1S/C18H14FN3O5/c1-21-9-8-15(20-21)17(23)7-5-13-3-4-14(27-13)11-26-18-10-12(19)2-6-16(18)22(24)25/h2-10H,11H2,1H3/b7-5+. The van der Waals surface area contributed by atoms with Gasteiger partial charge < -0.3 is 9.15 Å². The zero-order valence-corrected chi connectivity index (χ0v) is 14.2. The molecular formula is C18H14FN3O5. The Hall–Kier alpha value is -3.75. The van der Waals surface area contributed by atoms with Crippen LogP contribution in [0, 0.1) is 15.9 Å². The van der Waals surface area contributed by atoms with Gasteiger partial charge in [0.25, 0.3) is 0 Å². The van der Waals surface area contributed by atoms with Crippen molar-refractivity contribution >= 4 is 17.5 Å². The summed E-state index contributed by atoms with van der Waals surface area (Å²) < 4.78 is 25.6. The smallest absolute Gasteiger partial charge is 0.311 e. The zero-order chi connectivity index (χ0) is 19.4. The molecule has 0 radical (unpaired) electrons. The number of hydrogen-bond acceptors (Lipinski definition) is 6. The number of benzene rings is 1. The second kappa shape index (κ2) is 7.65. The van der Waals surface area contributed by atoms with Gasteiger partial charge >= 0.3 is 5.69 Å². The number of nitro groups is 1. The lowest BCUT2D eigenvalue weighted by Gasteiger charge is -2.05. The van der Waals surface area contributed by atoms with Gasteiger partial charge in [-0.2, -0.15) is 5.10 Å². The van der Waals surface area contributed by atoms with Crippen molar-refractivity contribution in [2.24, 2.45) is 7.05 Å². The summed E-state index contributed by atoms with van der Waals surface area (Å²) >= 11 is 0. The van der Waals surface area contributed by atoms with E-state index in [-0.39, 0.29) is 23.8 Å². The number of carbonyl (C=O) groups excluding carboxylic acids is 1. The summed E-state index contributed by atoms with van der Waals surface area (Å²) in [5.41, 5.74) is -0.0358. The molecule has 0 aliphatic heterocycles. The van der Waals surface area contributed by atoms with Gasteiger partial charge in [0.15, 0.2) is 5.75 Å². The monoisotopic (exact) mass is 371 g/mol. The first-order valence-electron chi connectivity index (χ1n) is 7.80. The Morgan fingerprint density at radius 2 is 2.19 bits per heavy atom. The maximum atomic E-state index is 13.3. The van der Waals surface area contributed by atoms with E-state index < -0.39 is 10.7 Å². The molecule has 0 aliphatic carbocycles. The molecule has 0 aliphatic rings. The molecule has 3 rings (SSSR count). The lowest BCUT2D eigenvalue weighted by atomic mass is 10.2. The average molecular weight is 371 g/mol. The molecule has 138 valence electrons. The first kappa shape index (κ1) is 18.1. The van der Waals surface area contributed by atoms with E-state index in [9.17, 15) is 19.3 Å². The summed E-state index contributed by atoms with van der Waals surface area (Å²) in [6, 6.07) is 7.76. The van der Waals surface area contributed by atoms with Crippen LogP contribution in [-0.2, 0) is 13.7 Å². The largest absolute Gasteiger partial charge is 0.479 e. The van der Waals surface area contributed by atoms with E-state index in [2.05, 4.69) is 5.10 Å². The Morgan fingerprint density at radius 1 is 1.37 bits per heavy atom. The lowest BCUT2D eigenvalue weighted by Crippen LogP contribution is -1.99. The summed E-state index contributed by atoms with van der Waals surface area (Å²) in [5, 5.41) is 14.9. The number of ketones is 1. The van der Waals surface area contributed by atoms with Gasteiger partial charge in [-0.25, -0.2) is 4.39 Å². The third kappa shape index (κ3) is 4.46. The summed E-state index contributed by atoms with van der Waals surface area (Å²) in [7, 11) is 1.71. The normalized spacial score (nSPS) is 11.0. The maximum Gasteiger partial charge on any atom is 0.311 e. The van der Waals surface area contributed by atoms with Gasteiger partial charge in [-0.05, 0) is 36.4 Å². The van der Waals surface area contributed by atoms with Crippen LogP contribution in [0.25, 0.3) is 6.08 Å². The number of nitro benzene ring substituents is 1. The van der Waals surface area contributed by atoms with Crippen LogP contribution in [0.1, 0.15) is 22.0 Å². The molecule has 0 saturated carbocycles. The molecule has 0 saturated heterocycles. The zero-order valence-electron chi connectivity index (χ0n) is 14.2. The first-order chi connectivity index (χ1) is 12.9. The minimum Gasteiger partial charge on any atom is -0.479 e. The van der Waals surface area contributed by atoms with Crippen molar-refractivity contribution in [3.63, 3.8) is 0 Å². The highest BCUT2D eigenvalue weighted by molar-refractivity contribution is 6.05. The fourth-order valence-electron chi connectivity index (χ4n) is 2.25. The molecule has 0 bridgehead atoms. The molecule has 2 heterocycles. The summed E-state index contributed by atoms with van der Waals surface area (Å²) in [6.45, 7) is -0.133. The van der Waals surface area contributed by atoms with Crippen LogP contribution in [0.4, 0.5) is 10.1 Å². The predicted octanol–water partition coefficient (Wildman–Crippen LogP) is 3.54. The molecule has 0 atom stereocenters. The Kier molecular flexibility index (Phi) is 5.11. The number of halogens is 1. The van der Waals surface area contributed by atoms with Crippen molar-refractivity contribution in [1.82, 2.24) is 9.78 Å². The molecule has 2 aromatic heterocycles. The van der Waals surface area contributed by atoms with Crippen molar-refractivity contribution in [2.75, 3.05) is 0 Å². The maximum absolute atomic E-state index is 13.3. The summed E-state index contributed by atoms with van der Waals surface area (Å²) in [4.78, 5) is 22.2. The fraction of sp³-hybridized carbons (Fsp3) is 0.111. The van der Waals surface area contributed by atoms with Crippen molar-refractivity contribution in [3.8, 4) is 5.75 Å². The highest BCUT2D eigenvalue weighted by Crippen LogP contribution is 2.28. The van der Waals surface area contributed by atoms with Crippen LogP contribution < -0.4 is 4.74 Å². The van der Waals surface area contributed by atoms with Crippen molar-refractivity contribution in [3.05, 3.63) is 81.8 Å². The minimum atomic E-state index is -0.658. The number of allylic oxidation sites excluding steroid dienone is 1. The van der Waals surface area contributed by atoms with Crippen molar-refractivity contribution < 1.29 is 23.3 Å². The van der Waals surface area contributed by atoms with Gasteiger partial charge in [-0.1, -0.05) is 0 Å². The molecule has 0 amide bonds. The van der Waals surface area contributed by atoms with Gasteiger partial charge in [-0.3, -0.25) is 19.6 Å². The number of furan rings is 1. The summed E-state index contributed by atoms with van der Waals surface area (Å²) in [6.07, 6.45) is 4.46. The third-order valence-electron chi connectivity index (χ3n) is 3.54. The fourth-order valence-corrected chi connectivity index (χ4v) is 2.25. The van der Waals surface area contributed by atoms with E-state index in [1.807, 2.05) is 0 Å². The Balaban J connectivity index is 1.65. The van der Waals surface area contributed by atoms with Crippen LogP contribution in [0.3, 0.4) is 0 Å². The number of nitrogens with zero attached hydrogens (tertiary/aromatic N) is 3. The molecule has 3 aromatic rings. The average Bonchev–Trinajstić information content (AvgIpc) is 3.26. The molecule has 0 N–H and O–H groups in total. The SMILES string of the molecule is Cn1ccc(C(=O)/C=C/c2ccc(COc3cc(F)ccc3[N+](=O)[O-])o2)n1. The predicted molar refractivity (Wildman–Crippen MR) is 92.7 cm³/mol. The first-order valence-corrected chi connectivity index (χ1v) is 7.80. The van der Waals surface area contributed by atoms with E-state index in [0.29, 0.717) is 17.2 Å². The highest BCUT2D eigenvalue weighted by atomic mass is 19.1. The molecule has 0 spiro atoms. The molecule has 0 fully saturated rings. The number of aromatic nitrogens is 2. The van der Waals surface area contributed by atoms with Gasteiger partial charge in [0.2, 0.25) is 5.78 Å². The molecule has 1 aromatic carbocycles. The van der Waals surface area contributed by atoms with E-state index in [4.69, 9.17) is 9.15 Å². The lowest BCUT2D eigenvalue weighted by molar-refractivity contribution is -0.386. The van der Waals surface area contributed by atoms with E-state index >= 15 is 0 Å². The van der Waals surface area contributed by atoms with Crippen LogP contribution in [-0.4, -0.2) is 20.5 Å². The number of aryl methyl sites for hydroxylation is 1. The third-order valence-corrected chi connectivity index (χ3v) is 3.54. The highest BCUT2D eigenvalue weighted by Gasteiger charge is 2.16. The Labute approximate surface area is 152 Å². The van der Waals surface area contributed by atoms with E-state index in [1.54, 1.807) is 31.4 Å². The Bertz CT molecular complexity index is 1020. The van der Waals surface area contributed by atoms with Crippen LogP contribution in [0.15, 0.2) is 53.1 Å². The minimum absolute atomic E-state index is 0.133. The molecule has 9 heteroatoms. The van der Waals surface area contributed by atoms with Crippen molar-refractivity contribution in [1.29, 1.82) is 0 Å². The van der Waals surface area contributed by atoms with E-state index in [0.717, 1.165) is 18.2 Å². The Morgan fingerprint density at radius 3 is 2.89 bits per heavy atom. The van der Waals surface area contributed by atoms with E-state index in [1.165, 1.54) is 16.8 Å². The molecular weight excluding hydrogens is 357 g/mol. The quantitative estimate of drug-likeness (QED) is 0.273. The molecule has 0 unspecified atom stereocenters. The number of ether oxygens (including phenoxy) is 1. The second-order valence-corrected chi connectivity index (χ2v) is 5.53. The van der Waals surface area contributed by atoms with Gasteiger partial charge in [-0.15, -0.1) is 0 Å². The van der Waals surface area contributed by atoms with Crippen LogP contribution >= 0.6 is 0 Å². The summed E-state index contributed by atoms with van der Waals surface area (Å²) in [5.74, 6) is -0.365. The molecule has 27 heavy (non-hydrogen) atoms. The van der Waals surface area contributed by atoms with Crippen LogP contribution in [0.2, 0.25) is 0 Å². The topological polar surface area (TPSA) is 100 Å². The van der Waals surface area contributed by atoms with Gasteiger partial charge in [0, 0.05) is 25.4 Å². The number of carbonyl (C=O) groups is 1. The van der Waals surface area contributed by atoms with Gasteiger partial charge in [0.1, 0.15) is 29.6 Å². The number of rotatable bonds is 7. The van der Waals surface area contributed by atoms with Gasteiger partial charge in [0.05, 0.1) is 4.92 Å².